The molecule has 1 aromatic rings. The minimum Gasteiger partial charge on any atom is -0.496 e. The van der Waals surface area contributed by atoms with Crippen LogP contribution in [0.2, 0.25) is 0 Å². The molecule has 2 rings (SSSR count). The molecule has 1 unspecified atom stereocenters. The van der Waals surface area contributed by atoms with E-state index in [1.165, 1.54) is 11.1 Å². The second-order valence-electron chi connectivity index (χ2n) is 4.50. The zero-order valence-electron chi connectivity index (χ0n) is 10.7. The van der Waals surface area contributed by atoms with Crippen molar-refractivity contribution in [3.63, 3.8) is 0 Å². The Morgan fingerprint density at radius 3 is 2.65 bits per heavy atom. The molecular weight excluding hydrogens is 210 g/mol. The molecule has 0 bridgehead atoms. The lowest BCUT2D eigenvalue weighted by Gasteiger charge is -2.25. The largest absolute Gasteiger partial charge is 0.496 e. The first-order valence-electron chi connectivity index (χ1n) is 6.44. The number of nitrogens with one attached hydrogen (secondary N) is 1. The minimum atomic E-state index is 0.209. The molecule has 2 heteroatoms. The third kappa shape index (κ3) is 3.10. The van der Waals surface area contributed by atoms with Crippen molar-refractivity contribution in [3.05, 3.63) is 47.2 Å². The molecule has 0 aromatic heterocycles. The zero-order chi connectivity index (χ0) is 12.1. The van der Waals surface area contributed by atoms with Gasteiger partial charge in [0.25, 0.3) is 0 Å². The molecule has 2 nitrogen and oxygen atoms in total. The standard InChI is InChI=1S/C15H21NO/c1-3-16-15(14-6-4-5-11-17-14)13-9-7-12(2)8-10-13/h6-10,15-16H,3-5,11H2,1-2H3. The van der Waals surface area contributed by atoms with Crippen molar-refractivity contribution in [2.45, 2.75) is 32.7 Å². The van der Waals surface area contributed by atoms with Crippen molar-refractivity contribution in [1.29, 1.82) is 0 Å². The highest BCUT2D eigenvalue weighted by Gasteiger charge is 2.18. The van der Waals surface area contributed by atoms with E-state index in [2.05, 4.69) is 49.5 Å². The Labute approximate surface area is 104 Å². The maximum atomic E-state index is 5.78. The molecular formula is C15H21NO. The van der Waals surface area contributed by atoms with Crippen LogP contribution in [0.5, 0.6) is 0 Å². The zero-order valence-corrected chi connectivity index (χ0v) is 10.7. The van der Waals surface area contributed by atoms with Crippen molar-refractivity contribution < 1.29 is 4.74 Å². The van der Waals surface area contributed by atoms with E-state index in [9.17, 15) is 0 Å². The van der Waals surface area contributed by atoms with Gasteiger partial charge in [-0.05, 0) is 37.9 Å². The van der Waals surface area contributed by atoms with Crippen molar-refractivity contribution in [1.82, 2.24) is 5.32 Å². The van der Waals surface area contributed by atoms with Gasteiger partial charge in [0, 0.05) is 0 Å². The van der Waals surface area contributed by atoms with Gasteiger partial charge in [-0.3, -0.25) is 0 Å². The van der Waals surface area contributed by atoms with Crippen molar-refractivity contribution in [2.24, 2.45) is 0 Å². The lowest BCUT2D eigenvalue weighted by Crippen LogP contribution is -2.25. The molecule has 1 aromatic carbocycles. The van der Waals surface area contributed by atoms with E-state index in [-0.39, 0.29) is 6.04 Å². The molecule has 1 aliphatic rings. The molecule has 17 heavy (non-hydrogen) atoms. The second-order valence-corrected chi connectivity index (χ2v) is 4.50. The van der Waals surface area contributed by atoms with Gasteiger partial charge < -0.3 is 10.1 Å². The smallest absolute Gasteiger partial charge is 0.113 e. The van der Waals surface area contributed by atoms with E-state index in [1.807, 2.05) is 0 Å². The van der Waals surface area contributed by atoms with Gasteiger partial charge >= 0.3 is 0 Å². The molecule has 0 radical (unpaired) electrons. The topological polar surface area (TPSA) is 21.3 Å². The molecule has 0 amide bonds. The van der Waals surface area contributed by atoms with Gasteiger partial charge in [-0.1, -0.05) is 36.8 Å². The molecule has 0 saturated heterocycles. The summed E-state index contributed by atoms with van der Waals surface area (Å²) in [6.45, 7) is 6.03. The Morgan fingerprint density at radius 2 is 2.06 bits per heavy atom. The van der Waals surface area contributed by atoms with Crippen LogP contribution in [0, 0.1) is 6.92 Å². The average molecular weight is 231 g/mol. The van der Waals surface area contributed by atoms with Crippen LogP contribution in [0.1, 0.15) is 36.9 Å². The number of benzene rings is 1. The Hall–Kier alpha value is -1.28. The summed E-state index contributed by atoms with van der Waals surface area (Å²) < 4.78 is 5.78. The summed E-state index contributed by atoms with van der Waals surface area (Å²) in [6.07, 6.45) is 4.48. The van der Waals surface area contributed by atoms with Crippen LogP contribution >= 0.6 is 0 Å². The summed E-state index contributed by atoms with van der Waals surface area (Å²) in [5, 5.41) is 3.49. The lowest BCUT2D eigenvalue weighted by atomic mass is 10.0. The molecule has 1 atom stereocenters. The van der Waals surface area contributed by atoms with Crippen LogP contribution < -0.4 is 5.32 Å². The number of likely N-dealkylation sites (N-methyl/N-ethyl adjacent to an activating group) is 1. The predicted molar refractivity (Wildman–Crippen MR) is 70.9 cm³/mol. The van der Waals surface area contributed by atoms with E-state index < -0.39 is 0 Å². The molecule has 1 heterocycles. The minimum absolute atomic E-state index is 0.209. The summed E-state index contributed by atoms with van der Waals surface area (Å²) in [6, 6.07) is 8.88. The summed E-state index contributed by atoms with van der Waals surface area (Å²) >= 11 is 0. The summed E-state index contributed by atoms with van der Waals surface area (Å²) in [4.78, 5) is 0. The number of allylic oxidation sites excluding steroid dienone is 1. The second kappa shape index (κ2) is 5.87. The maximum Gasteiger partial charge on any atom is 0.113 e. The molecule has 0 spiro atoms. The van der Waals surface area contributed by atoms with Crippen LogP contribution in [0.25, 0.3) is 0 Å². The van der Waals surface area contributed by atoms with E-state index in [0.717, 1.165) is 31.8 Å². The fourth-order valence-corrected chi connectivity index (χ4v) is 2.12. The van der Waals surface area contributed by atoms with Crippen molar-refractivity contribution in [3.8, 4) is 0 Å². The molecule has 0 fully saturated rings. The van der Waals surface area contributed by atoms with Gasteiger partial charge in [0.1, 0.15) is 5.76 Å². The first-order valence-corrected chi connectivity index (χ1v) is 6.44. The van der Waals surface area contributed by atoms with Crippen LogP contribution in [0.15, 0.2) is 36.1 Å². The van der Waals surface area contributed by atoms with Crippen molar-refractivity contribution >= 4 is 0 Å². The Balaban J connectivity index is 2.21. The Bertz CT molecular complexity index is 380. The first kappa shape index (κ1) is 12.2. The number of rotatable bonds is 4. The highest BCUT2D eigenvalue weighted by atomic mass is 16.5. The van der Waals surface area contributed by atoms with Crippen LogP contribution in [0.4, 0.5) is 0 Å². The summed E-state index contributed by atoms with van der Waals surface area (Å²) in [5.74, 6) is 1.09. The number of ether oxygens (including phenoxy) is 1. The van der Waals surface area contributed by atoms with Crippen LogP contribution in [-0.4, -0.2) is 13.2 Å². The molecule has 1 N–H and O–H groups in total. The van der Waals surface area contributed by atoms with E-state index in [4.69, 9.17) is 4.74 Å². The molecule has 0 aliphatic carbocycles. The molecule has 92 valence electrons. The fourth-order valence-electron chi connectivity index (χ4n) is 2.12. The van der Waals surface area contributed by atoms with E-state index in [0.29, 0.717) is 0 Å². The van der Waals surface area contributed by atoms with Crippen LogP contribution in [0.3, 0.4) is 0 Å². The average Bonchev–Trinajstić information content (AvgIpc) is 2.38. The predicted octanol–water partition coefficient (Wildman–Crippen LogP) is 3.34. The maximum absolute atomic E-state index is 5.78. The van der Waals surface area contributed by atoms with Gasteiger partial charge in [0.2, 0.25) is 0 Å². The molecule has 0 saturated carbocycles. The number of aryl methyl sites for hydroxylation is 1. The van der Waals surface area contributed by atoms with Gasteiger partial charge in [0.05, 0.1) is 12.6 Å². The first-order chi connectivity index (χ1) is 8.31. The highest BCUT2D eigenvalue weighted by molar-refractivity contribution is 5.29. The lowest BCUT2D eigenvalue weighted by molar-refractivity contribution is 0.168. The third-order valence-electron chi connectivity index (χ3n) is 3.07. The Kier molecular flexibility index (Phi) is 4.21. The summed E-state index contributed by atoms with van der Waals surface area (Å²) in [7, 11) is 0. The van der Waals surface area contributed by atoms with Crippen molar-refractivity contribution in [2.75, 3.05) is 13.2 Å². The third-order valence-corrected chi connectivity index (χ3v) is 3.07. The highest BCUT2D eigenvalue weighted by Crippen LogP contribution is 2.26. The number of hydrogen-bond acceptors (Lipinski definition) is 2. The summed E-state index contributed by atoms with van der Waals surface area (Å²) in [5.41, 5.74) is 2.58. The SMILES string of the molecule is CCNC(C1=CCCCO1)c1ccc(C)cc1. The van der Waals surface area contributed by atoms with Gasteiger partial charge in [-0.25, -0.2) is 0 Å². The van der Waals surface area contributed by atoms with Crippen LogP contribution in [-0.2, 0) is 4.74 Å². The van der Waals surface area contributed by atoms with E-state index >= 15 is 0 Å². The van der Waals surface area contributed by atoms with Gasteiger partial charge in [0.15, 0.2) is 0 Å². The molecule has 1 aliphatic heterocycles. The normalized spacial score (nSPS) is 17.2. The van der Waals surface area contributed by atoms with Gasteiger partial charge in [-0.2, -0.15) is 0 Å². The monoisotopic (exact) mass is 231 g/mol. The number of hydrogen-bond donors (Lipinski definition) is 1. The Morgan fingerprint density at radius 1 is 1.29 bits per heavy atom. The quantitative estimate of drug-likeness (QED) is 0.858. The fraction of sp³-hybridized carbons (Fsp3) is 0.467. The van der Waals surface area contributed by atoms with E-state index in [1.54, 1.807) is 0 Å². The van der Waals surface area contributed by atoms with Gasteiger partial charge in [-0.15, -0.1) is 0 Å².